The molecule has 0 amide bonds. The molecule has 16 heavy (non-hydrogen) atoms. The molecule has 1 heterocycles. The molecule has 0 aliphatic carbocycles. The molecule has 0 radical (unpaired) electrons. The Labute approximate surface area is 98.8 Å². The molecule has 1 saturated heterocycles. The molecule has 1 N–H and O–H groups in total. The minimum Gasteiger partial charge on any atom is -0.389 e. The molecular formula is C13H23NO2. The summed E-state index contributed by atoms with van der Waals surface area (Å²) >= 11 is 0. The van der Waals surface area contributed by atoms with E-state index in [-0.39, 0.29) is 0 Å². The lowest BCUT2D eigenvalue weighted by molar-refractivity contribution is -0.0455. The molecule has 1 aliphatic rings. The third-order valence-electron chi connectivity index (χ3n) is 3.24. The van der Waals surface area contributed by atoms with Gasteiger partial charge in [0.05, 0.1) is 12.7 Å². The van der Waals surface area contributed by atoms with Crippen LogP contribution in [0.3, 0.4) is 0 Å². The second-order valence-corrected chi connectivity index (χ2v) is 4.70. The van der Waals surface area contributed by atoms with E-state index < -0.39 is 11.7 Å². The maximum Gasteiger partial charge on any atom is 0.125 e. The molecular weight excluding hydrogens is 202 g/mol. The first-order valence-electron chi connectivity index (χ1n) is 6.12. The zero-order chi connectivity index (χ0) is 12.0. The van der Waals surface area contributed by atoms with Crippen LogP contribution in [0.5, 0.6) is 0 Å². The second kappa shape index (κ2) is 6.24. The number of likely N-dealkylation sites (tertiary alicyclic amines) is 1. The van der Waals surface area contributed by atoms with Crippen molar-refractivity contribution in [2.75, 3.05) is 26.2 Å². The van der Waals surface area contributed by atoms with Crippen LogP contribution in [0.15, 0.2) is 0 Å². The highest BCUT2D eigenvalue weighted by Gasteiger charge is 2.22. The van der Waals surface area contributed by atoms with Crippen molar-refractivity contribution in [2.45, 2.75) is 44.8 Å². The standard InChI is InChI=1S/C13H23NO2/c1-4-13(3,5-2)16-11-12(15)10-14-8-6-7-9-14/h1,12,15H,5-11H2,2-3H3. The van der Waals surface area contributed by atoms with Gasteiger partial charge < -0.3 is 14.7 Å². The molecule has 2 unspecified atom stereocenters. The van der Waals surface area contributed by atoms with Gasteiger partial charge in [-0.15, -0.1) is 6.42 Å². The SMILES string of the molecule is C#CC(C)(CC)OCC(O)CN1CCCC1. The number of hydrogen-bond acceptors (Lipinski definition) is 3. The van der Waals surface area contributed by atoms with Crippen molar-refractivity contribution < 1.29 is 9.84 Å². The highest BCUT2D eigenvalue weighted by Crippen LogP contribution is 2.14. The highest BCUT2D eigenvalue weighted by atomic mass is 16.5. The van der Waals surface area contributed by atoms with E-state index in [2.05, 4.69) is 10.8 Å². The molecule has 1 rings (SSSR count). The minimum atomic E-state index is -0.536. The van der Waals surface area contributed by atoms with E-state index in [9.17, 15) is 5.11 Å². The van der Waals surface area contributed by atoms with Crippen molar-refractivity contribution >= 4 is 0 Å². The topological polar surface area (TPSA) is 32.7 Å². The fourth-order valence-corrected chi connectivity index (χ4v) is 1.84. The van der Waals surface area contributed by atoms with Gasteiger partial charge in [0.2, 0.25) is 0 Å². The third kappa shape index (κ3) is 4.13. The van der Waals surface area contributed by atoms with Crippen LogP contribution in [-0.2, 0) is 4.74 Å². The van der Waals surface area contributed by atoms with Crippen molar-refractivity contribution in [1.29, 1.82) is 0 Å². The van der Waals surface area contributed by atoms with Crippen LogP contribution >= 0.6 is 0 Å². The van der Waals surface area contributed by atoms with Crippen molar-refractivity contribution in [2.24, 2.45) is 0 Å². The molecule has 0 aromatic carbocycles. The number of terminal acetylenes is 1. The quantitative estimate of drug-likeness (QED) is 0.691. The molecule has 3 heteroatoms. The Kier molecular flexibility index (Phi) is 5.27. The van der Waals surface area contributed by atoms with Gasteiger partial charge in [-0.3, -0.25) is 0 Å². The van der Waals surface area contributed by atoms with E-state index in [0.29, 0.717) is 13.2 Å². The summed E-state index contributed by atoms with van der Waals surface area (Å²) in [6.07, 6.45) is 8.21. The lowest BCUT2D eigenvalue weighted by Gasteiger charge is -2.26. The predicted molar refractivity (Wildman–Crippen MR) is 65.2 cm³/mol. The second-order valence-electron chi connectivity index (χ2n) is 4.70. The molecule has 0 saturated carbocycles. The summed E-state index contributed by atoms with van der Waals surface area (Å²) in [4.78, 5) is 2.27. The van der Waals surface area contributed by atoms with E-state index in [1.54, 1.807) is 0 Å². The van der Waals surface area contributed by atoms with E-state index in [4.69, 9.17) is 11.2 Å². The maximum absolute atomic E-state index is 9.83. The van der Waals surface area contributed by atoms with Crippen LogP contribution in [0.2, 0.25) is 0 Å². The van der Waals surface area contributed by atoms with E-state index in [1.165, 1.54) is 12.8 Å². The van der Waals surface area contributed by atoms with Gasteiger partial charge in [-0.1, -0.05) is 12.8 Å². The Morgan fingerprint density at radius 2 is 2.12 bits per heavy atom. The summed E-state index contributed by atoms with van der Waals surface area (Å²) in [5, 5.41) is 9.83. The van der Waals surface area contributed by atoms with Gasteiger partial charge in [-0.25, -0.2) is 0 Å². The number of nitrogens with zero attached hydrogens (tertiary/aromatic N) is 1. The predicted octanol–water partition coefficient (Wildman–Crippen LogP) is 1.26. The van der Waals surface area contributed by atoms with Gasteiger partial charge >= 0.3 is 0 Å². The summed E-state index contributed by atoms with van der Waals surface area (Å²) in [5.74, 6) is 2.63. The van der Waals surface area contributed by atoms with Gasteiger partial charge in [0, 0.05) is 6.54 Å². The largest absolute Gasteiger partial charge is 0.389 e. The van der Waals surface area contributed by atoms with Crippen molar-refractivity contribution in [3.05, 3.63) is 0 Å². The van der Waals surface area contributed by atoms with Crippen molar-refractivity contribution in [3.8, 4) is 12.3 Å². The first-order valence-corrected chi connectivity index (χ1v) is 6.12. The Hall–Kier alpha value is -0.560. The van der Waals surface area contributed by atoms with E-state index in [1.807, 2.05) is 13.8 Å². The van der Waals surface area contributed by atoms with Crippen LogP contribution in [0, 0.1) is 12.3 Å². The molecule has 0 aromatic heterocycles. The Morgan fingerprint density at radius 1 is 1.50 bits per heavy atom. The van der Waals surface area contributed by atoms with Crippen LogP contribution in [0.4, 0.5) is 0 Å². The lowest BCUT2D eigenvalue weighted by atomic mass is 10.1. The Balaban J connectivity index is 2.23. The highest BCUT2D eigenvalue weighted by molar-refractivity contribution is 5.05. The van der Waals surface area contributed by atoms with Gasteiger partial charge in [0.1, 0.15) is 5.60 Å². The van der Waals surface area contributed by atoms with Gasteiger partial charge in [-0.05, 0) is 39.3 Å². The Morgan fingerprint density at radius 3 is 2.62 bits per heavy atom. The average Bonchev–Trinajstić information content (AvgIpc) is 2.79. The molecule has 1 fully saturated rings. The van der Waals surface area contributed by atoms with Gasteiger partial charge in [0.15, 0.2) is 0 Å². The van der Waals surface area contributed by atoms with E-state index in [0.717, 1.165) is 19.5 Å². The minimum absolute atomic E-state index is 0.324. The summed E-state index contributed by atoms with van der Waals surface area (Å²) in [6, 6.07) is 0. The first kappa shape index (κ1) is 13.5. The number of aliphatic hydroxyl groups excluding tert-OH is 1. The molecule has 1 aliphatic heterocycles. The molecule has 2 atom stereocenters. The maximum atomic E-state index is 9.83. The zero-order valence-corrected chi connectivity index (χ0v) is 10.4. The van der Waals surface area contributed by atoms with Crippen molar-refractivity contribution in [1.82, 2.24) is 4.90 Å². The van der Waals surface area contributed by atoms with Crippen LogP contribution in [0.25, 0.3) is 0 Å². The monoisotopic (exact) mass is 225 g/mol. The molecule has 0 bridgehead atoms. The van der Waals surface area contributed by atoms with Crippen LogP contribution < -0.4 is 0 Å². The number of ether oxygens (including phenoxy) is 1. The fourth-order valence-electron chi connectivity index (χ4n) is 1.84. The number of β-amino-alcohol motifs (C(OH)–C–C–N with tert-alkyl or cyclic N) is 1. The smallest absolute Gasteiger partial charge is 0.125 e. The fraction of sp³-hybridized carbons (Fsp3) is 0.846. The summed E-state index contributed by atoms with van der Waals surface area (Å²) < 4.78 is 5.59. The summed E-state index contributed by atoms with van der Waals surface area (Å²) in [7, 11) is 0. The summed E-state index contributed by atoms with van der Waals surface area (Å²) in [6.45, 7) is 7.09. The molecule has 0 spiro atoms. The first-order chi connectivity index (χ1) is 7.59. The van der Waals surface area contributed by atoms with Gasteiger partial charge in [0.25, 0.3) is 0 Å². The van der Waals surface area contributed by atoms with E-state index >= 15 is 0 Å². The normalized spacial score (nSPS) is 22.6. The van der Waals surface area contributed by atoms with Crippen molar-refractivity contribution in [3.63, 3.8) is 0 Å². The third-order valence-corrected chi connectivity index (χ3v) is 3.24. The van der Waals surface area contributed by atoms with Crippen LogP contribution in [0.1, 0.15) is 33.1 Å². The number of rotatable bonds is 6. The number of hydrogen-bond donors (Lipinski definition) is 1. The van der Waals surface area contributed by atoms with Gasteiger partial charge in [-0.2, -0.15) is 0 Å². The van der Waals surface area contributed by atoms with Crippen LogP contribution in [-0.4, -0.2) is 48.0 Å². The lowest BCUT2D eigenvalue weighted by Crippen LogP contribution is -2.36. The number of aliphatic hydroxyl groups is 1. The molecule has 92 valence electrons. The zero-order valence-electron chi connectivity index (χ0n) is 10.4. The average molecular weight is 225 g/mol. The Bertz CT molecular complexity index is 243. The molecule has 0 aromatic rings. The summed E-state index contributed by atoms with van der Waals surface area (Å²) in [5.41, 5.74) is -0.536. The molecule has 3 nitrogen and oxygen atoms in total.